The number of carbonyl (C=O) groups excluding carboxylic acids is 3. The van der Waals surface area contributed by atoms with Crippen LogP contribution in [0.25, 0.3) is 0 Å². The SMILES string of the molecule is CC/C=C\C/C=C\C/C=C\C/C=C\C/C=C\C/C=C\CCCCCCCCCCCCCCCCC(=O)OCC(O)COP(=O)(O)OCC(O)COP(=O)(O)OCC(COC(=O)CCCC/C=C\C/C=C\C/C=C\C/C=C\C/C=C\C/C=C\CC)OC(=O)CCCC/C=C\C/C=C\C/C=C\C/C=C\C/C=C\C/C=C\CC. The number of phosphoric ester groups is 2. The zero-order chi connectivity index (χ0) is 80.8. The summed E-state index contributed by atoms with van der Waals surface area (Å²) < 4.78 is 61.2. The molecule has 0 saturated heterocycles. The van der Waals surface area contributed by atoms with E-state index in [0.29, 0.717) is 25.7 Å². The summed E-state index contributed by atoms with van der Waals surface area (Å²) in [4.78, 5) is 58.8. The van der Waals surface area contributed by atoms with Gasteiger partial charge in [-0.1, -0.05) is 317 Å². The molecule has 0 saturated carbocycles. The third-order valence-corrected chi connectivity index (χ3v) is 18.6. The maximum atomic E-state index is 13.0. The van der Waals surface area contributed by atoms with Crippen molar-refractivity contribution in [1.29, 1.82) is 0 Å². The molecule has 0 rings (SSSR count). The standard InChI is InChI=1S/C93H148O16P2/c1-4-7-10-13-16-19-22-25-28-31-34-37-38-39-40-41-42-43-44-45-46-47-48-51-53-55-58-61-64-67-70-73-76-79-91(96)103-82-88(94)83-105-110(99,100)106-84-89(95)85-107-111(101,102)108-87-90(109-93(98)81-78-75-72-69-66-63-60-57-54-50-36-33-30-27-24-21-18-15-12-9-6-3)86-104-92(97)80-77-74-71-68-65-62-59-56-52-49-35-32-29-26-23-20-17-14-11-8-5-2/h7-12,16-21,25-30,34-37,39-40,42-43,49-50,56-57,59-60,65-66,68-69,88-90,94-95H,4-6,13-15,22-24,31-33,38,41,44-48,51-55,58,61-64,67,70-87H2,1-3H3,(H,99,100)(H,101,102)/b10-7-,11-8-,12-9-,19-16-,20-17-,21-18-,28-25-,29-26-,30-27-,37-34-,40-39-,43-42-,49-35-,50-36-,59-56-,60-57-,68-65-,69-66-. The Bertz CT molecular complexity index is 2900. The molecule has 111 heavy (non-hydrogen) atoms. The molecule has 0 aromatic heterocycles. The van der Waals surface area contributed by atoms with Gasteiger partial charge >= 0.3 is 33.6 Å². The Hall–Kier alpha value is -6.13. The highest BCUT2D eigenvalue weighted by Gasteiger charge is 2.29. The second-order valence-electron chi connectivity index (χ2n) is 27.1. The number of allylic oxidation sites excluding steroid dienone is 36. The molecule has 0 aromatic rings. The maximum absolute atomic E-state index is 13.0. The highest BCUT2D eigenvalue weighted by molar-refractivity contribution is 7.47. The number of esters is 3. The van der Waals surface area contributed by atoms with Crippen LogP contribution < -0.4 is 0 Å². The Morgan fingerprint density at radius 3 is 0.730 bits per heavy atom. The highest BCUT2D eigenvalue weighted by atomic mass is 31.2. The third kappa shape index (κ3) is 84.6. The van der Waals surface area contributed by atoms with Gasteiger partial charge in [0.1, 0.15) is 25.4 Å². The summed E-state index contributed by atoms with van der Waals surface area (Å²) in [5.41, 5.74) is 0. The van der Waals surface area contributed by atoms with Gasteiger partial charge in [0, 0.05) is 19.3 Å². The van der Waals surface area contributed by atoms with Gasteiger partial charge in [0.05, 0.1) is 26.4 Å². The van der Waals surface area contributed by atoms with E-state index in [1.165, 1.54) is 64.2 Å². The second-order valence-corrected chi connectivity index (χ2v) is 30.0. The van der Waals surface area contributed by atoms with Crippen LogP contribution in [0.5, 0.6) is 0 Å². The van der Waals surface area contributed by atoms with Crippen molar-refractivity contribution in [1.82, 2.24) is 0 Å². The molecule has 626 valence electrons. The van der Waals surface area contributed by atoms with Crippen LogP contribution in [0.15, 0.2) is 219 Å². The number of rotatable bonds is 77. The van der Waals surface area contributed by atoms with Crippen molar-refractivity contribution >= 4 is 33.6 Å². The van der Waals surface area contributed by atoms with Crippen LogP contribution in [0, 0.1) is 0 Å². The molecule has 0 amide bonds. The van der Waals surface area contributed by atoms with Crippen LogP contribution >= 0.6 is 15.6 Å². The molecule has 0 aliphatic heterocycles. The van der Waals surface area contributed by atoms with Gasteiger partial charge in [-0.05, 0) is 173 Å². The van der Waals surface area contributed by atoms with Gasteiger partial charge in [-0.2, -0.15) is 0 Å². The van der Waals surface area contributed by atoms with Crippen LogP contribution in [-0.4, -0.2) is 95.9 Å². The fraction of sp³-hybridized carbons (Fsp3) is 0.581. The average Bonchev–Trinajstić information content (AvgIpc) is 0.900. The van der Waals surface area contributed by atoms with Crippen molar-refractivity contribution in [2.24, 2.45) is 0 Å². The number of aliphatic hydroxyl groups is 2. The zero-order valence-electron chi connectivity index (χ0n) is 68.5. The lowest BCUT2D eigenvalue weighted by Crippen LogP contribution is -2.30. The van der Waals surface area contributed by atoms with Crippen LogP contribution in [0.4, 0.5) is 0 Å². The molecular formula is C93H148O16P2. The largest absolute Gasteiger partial charge is 0.472 e. The van der Waals surface area contributed by atoms with E-state index >= 15 is 0 Å². The Kier molecular flexibility index (Phi) is 78.7. The molecule has 18 heteroatoms. The van der Waals surface area contributed by atoms with Gasteiger partial charge < -0.3 is 34.2 Å². The first kappa shape index (κ1) is 105. The summed E-state index contributed by atoms with van der Waals surface area (Å²) in [7, 11) is -9.85. The monoisotopic (exact) mass is 1580 g/mol. The summed E-state index contributed by atoms with van der Waals surface area (Å²) in [5.74, 6) is -1.69. The second kappa shape index (κ2) is 83.3. The number of hydrogen-bond donors (Lipinski definition) is 4. The molecule has 5 unspecified atom stereocenters. The summed E-state index contributed by atoms with van der Waals surface area (Å²) >= 11 is 0. The molecule has 4 N–H and O–H groups in total. The molecule has 0 heterocycles. The van der Waals surface area contributed by atoms with E-state index < -0.39 is 91.5 Å². The maximum Gasteiger partial charge on any atom is 0.472 e. The Morgan fingerprint density at radius 2 is 0.450 bits per heavy atom. The quantitative estimate of drug-likeness (QED) is 0.0146. The number of carbonyl (C=O) groups is 3. The van der Waals surface area contributed by atoms with Crippen LogP contribution in [0.2, 0.25) is 0 Å². The predicted molar refractivity (Wildman–Crippen MR) is 463 cm³/mol. The molecule has 0 aromatic carbocycles. The Morgan fingerprint density at radius 1 is 0.252 bits per heavy atom. The predicted octanol–water partition coefficient (Wildman–Crippen LogP) is 25.4. The van der Waals surface area contributed by atoms with Gasteiger partial charge in [0.2, 0.25) is 0 Å². The van der Waals surface area contributed by atoms with E-state index in [4.69, 9.17) is 32.3 Å². The minimum atomic E-state index is -4.97. The molecule has 0 spiro atoms. The normalized spacial score (nSPS) is 15.0. The van der Waals surface area contributed by atoms with E-state index in [-0.39, 0.29) is 19.3 Å². The minimum Gasteiger partial charge on any atom is -0.463 e. The Labute approximate surface area is 672 Å². The van der Waals surface area contributed by atoms with Gasteiger partial charge in [0.25, 0.3) is 0 Å². The molecule has 0 fully saturated rings. The molecular weight excluding hydrogens is 1430 g/mol. The Balaban J connectivity index is 4.64. The molecule has 0 aliphatic rings. The first-order valence-electron chi connectivity index (χ1n) is 42.0. The number of phosphoric acid groups is 2. The lowest BCUT2D eigenvalue weighted by molar-refractivity contribution is -0.161. The van der Waals surface area contributed by atoms with Crippen molar-refractivity contribution in [3.05, 3.63) is 219 Å². The van der Waals surface area contributed by atoms with Crippen LogP contribution in [0.3, 0.4) is 0 Å². The molecule has 16 nitrogen and oxygen atoms in total. The fourth-order valence-electron chi connectivity index (χ4n) is 10.4. The van der Waals surface area contributed by atoms with Crippen molar-refractivity contribution in [3.8, 4) is 0 Å². The summed E-state index contributed by atoms with van der Waals surface area (Å²) in [6.45, 7) is 2.21. The van der Waals surface area contributed by atoms with E-state index in [2.05, 4.69) is 240 Å². The molecule has 0 radical (unpaired) electrons. The van der Waals surface area contributed by atoms with E-state index in [1.54, 1.807) is 0 Å². The van der Waals surface area contributed by atoms with Crippen LogP contribution in [0.1, 0.15) is 290 Å². The summed E-state index contributed by atoms with van der Waals surface area (Å²) in [5, 5.41) is 20.7. The van der Waals surface area contributed by atoms with Gasteiger partial charge in [0.15, 0.2) is 6.10 Å². The lowest BCUT2D eigenvalue weighted by atomic mass is 10.0. The van der Waals surface area contributed by atoms with Crippen molar-refractivity contribution < 1.29 is 75.8 Å². The van der Waals surface area contributed by atoms with Crippen LogP contribution in [-0.2, 0) is 55.8 Å². The smallest absolute Gasteiger partial charge is 0.463 e. The third-order valence-electron chi connectivity index (χ3n) is 16.7. The number of unbranched alkanes of at least 4 members (excludes halogenated alkanes) is 18. The lowest BCUT2D eigenvalue weighted by Gasteiger charge is -2.21. The van der Waals surface area contributed by atoms with Crippen molar-refractivity contribution in [2.45, 2.75) is 309 Å². The topological polar surface area (TPSA) is 231 Å². The number of ether oxygens (including phenoxy) is 3. The molecule has 0 bridgehead atoms. The first-order valence-corrected chi connectivity index (χ1v) is 45.0. The average molecular weight is 1580 g/mol. The number of aliphatic hydroxyl groups excluding tert-OH is 2. The summed E-state index contributed by atoms with van der Waals surface area (Å²) in [6.07, 6.45) is 113. The van der Waals surface area contributed by atoms with Crippen molar-refractivity contribution in [2.75, 3.05) is 39.6 Å². The number of hydrogen-bond acceptors (Lipinski definition) is 14. The first-order chi connectivity index (χ1) is 54.2. The fourth-order valence-corrected chi connectivity index (χ4v) is 12.0. The van der Waals surface area contributed by atoms with E-state index in [9.17, 15) is 43.5 Å². The summed E-state index contributed by atoms with van der Waals surface area (Å²) in [6, 6.07) is 0. The van der Waals surface area contributed by atoms with E-state index in [0.717, 1.165) is 161 Å². The van der Waals surface area contributed by atoms with E-state index in [1.807, 2.05) is 0 Å². The van der Waals surface area contributed by atoms with Gasteiger partial charge in [-0.25, -0.2) is 9.13 Å². The minimum absolute atomic E-state index is 0.0303. The molecule has 0 aliphatic carbocycles. The zero-order valence-corrected chi connectivity index (χ0v) is 70.3. The van der Waals surface area contributed by atoms with Crippen molar-refractivity contribution in [3.63, 3.8) is 0 Å². The molecule has 5 atom stereocenters. The highest BCUT2D eigenvalue weighted by Crippen LogP contribution is 2.45. The van der Waals surface area contributed by atoms with Gasteiger partial charge in [-0.15, -0.1) is 0 Å². The van der Waals surface area contributed by atoms with Gasteiger partial charge in [-0.3, -0.25) is 32.5 Å².